The van der Waals surface area contributed by atoms with Crippen LogP contribution in [0.25, 0.3) is 11.4 Å². The maximum absolute atomic E-state index is 12.2. The van der Waals surface area contributed by atoms with Crippen LogP contribution in [0.15, 0.2) is 22.7 Å². The van der Waals surface area contributed by atoms with Gasteiger partial charge in [-0.2, -0.15) is 13.2 Å². The van der Waals surface area contributed by atoms with Gasteiger partial charge in [0.1, 0.15) is 0 Å². The largest absolute Gasteiger partial charge is 0.398 e. The second-order valence-corrected chi connectivity index (χ2v) is 4.68. The molecule has 0 radical (unpaired) electrons. The number of hydrogen-bond acceptors (Lipinski definition) is 4. The van der Waals surface area contributed by atoms with E-state index in [0.717, 1.165) is 4.68 Å². The summed E-state index contributed by atoms with van der Waals surface area (Å²) in [5.74, 6) is 0.253. The van der Waals surface area contributed by atoms with Crippen LogP contribution in [0.3, 0.4) is 0 Å². The van der Waals surface area contributed by atoms with Crippen molar-refractivity contribution in [2.45, 2.75) is 19.1 Å². The highest BCUT2D eigenvalue weighted by molar-refractivity contribution is 9.10. The third kappa shape index (κ3) is 3.43. The smallest absolute Gasteiger partial charge is 0.390 e. The molecule has 102 valence electrons. The van der Waals surface area contributed by atoms with Crippen LogP contribution in [-0.2, 0) is 6.54 Å². The van der Waals surface area contributed by atoms with E-state index in [4.69, 9.17) is 5.73 Å². The van der Waals surface area contributed by atoms with E-state index in [1.807, 2.05) is 0 Å². The molecule has 5 nitrogen and oxygen atoms in total. The second-order valence-electron chi connectivity index (χ2n) is 3.83. The number of nitrogens with zero attached hydrogens (tertiary/aromatic N) is 4. The molecule has 0 saturated carbocycles. The van der Waals surface area contributed by atoms with Crippen molar-refractivity contribution in [3.8, 4) is 11.4 Å². The van der Waals surface area contributed by atoms with E-state index < -0.39 is 12.6 Å². The van der Waals surface area contributed by atoms with Crippen LogP contribution in [-0.4, -0.2) is 26.4 Å². The van der Waals surface area contributed by atoms with E-state index >= 15 is 0 Å². The van der Waals surface area contributed by atoms with Crippen LogP contribution in [0.5, 0.6) is 0 Å². The number of nitrogen functional groups attached to an aromatic ring is 1. The average molecular weight is 336 g/mol. The molecule has 0 saturated heterocycles. The highest BCUT2D eigenvalue weighted by atomic mass is 79.9. The minimum Gasteiger partial charge on any atom is -0.398 e. The monoisotopic (exact) mass is 335 g/mol. The summed E-state index contributed by atoms with van der Waals surface area (Å²) < 4.78 is 38.4. The summed E-state index contributed by atoms with van der Waals surface area (Å²) in [6.45, 7) is -0.332. The molecule has 0 aliphatic carbocycles. The molecule has 9 heteroatoms. The Hall–Kier alpha value is -1.64. The van der Waals surface area contributed by atoms with Crippen molar-refractivity contribution in [2.75, 3.05) is 5.73 Å². The van der Waals surface area contributed by atoms with Crippen molar-refractivity contribution in [2.24, 2.45) is 0 Å². The van der Waals surface area contributed by atoms with E-state index in [-0.39, 0.29) is 12.4 Å². The third-order valence-electron chi connectivity index (χ3n) is 2.39. The zero-order valence-electron chi connectivity index (χ0n) is 9.52. The zero-order valence-corrected chi connectivity index (χ0v) is 11.1. The molecule has 2 rings (SSSR count). The van der Waals surface area contributed by atoms with Gasteiger partial charge in [-0.25, -0.2) is 4.68 Å². The molecular formula is C10H9BrF3N5. The van der Waals surface area contributed by atoms with Gasteiger partial charge in [0.2, 0.25) is 0 Å². The van der Waals surface area contributed by atoms with Gasteiger partial charge in [-0.1, -0.05) is 0 Å². The number of benzene rings is 1. The molecule has 1 aromatic heterocycles. The minimum absolute atomic E-state index is 0.253. The summed E-state index contributed by atoms with van der Waals surface area (Å²) in [6, 6.07) is 4.96. The Morgan fingerprint density at radius 3 is 2.68 bits per heavy atom. The molecule has 0 aliphatic rings. The van der Waals surface area contributed by atoms with Gasteiger partial charge in [0.25, 0.3) is 0 Å². The van der Waals surface area contributed by atoms with Crippen LogP contribution in [0.2, 0.25) is 0 Å². The summed E-state index contributed by atoms with van der Waals surface area (Å²) in [5.41, 5.74) is 6.74. The lowest BCUT2D eigenvalue weighted by Gasteiger charge is -2.08. The average Bonchev–Trinajstić information content (AvgIpc) is 2.77. The molecule has 0 amide bonds. The van der Waals surface area contributed by atoms with Crippen LogP contribution >= 0.6 is 15.9 Å². The third-order valence-corrected chi connectivity index (χ3v) is 3.12. The van der Waals surface area contributed by atoms with Crippen molar-refractivity contribution in [3.05, 3.63) is 22.7 Å². The number of hydrogen-bond donors (Lipinski definition) is 1. The number of rotatable bonds is 3. The van der Waals surface area contributed by atoms with Gasteiger partial charge in [-0.3, -0.25) is 0 Å². The SMILES string of the molecule is Nc1cc(-c2nnnn2CCC(F)(F)F)ccc1Br. The number of halogens is 4. The molecule has 1 aromatic carbocycles. The molecule has 2 aromatic rings. The van der Waals surface area contributed by atoms with E-state index in [2.05, 4.69) is 31.5 Å². The van der Waals surface area contributed by atoms with Gasteiger partial charge in [0.05, 0.1) is 13.0 Å². The second kappa shape index (κ2) is 5.16. The van der Waals surface area contributed by atoms with E-state index in [1.165, 1.54) is 0 Å². The zero-order chi connectivity index (χ0) is 14.0. The molecule has 19 heavy (non-hydrogen) atoms. The molecule has 1 heterocycles. The van der Waals surface area contributed by atoms with Crippen molar-refractivity contribution in [1.29, 1.82) is 0 Å². The molecule has 0 aliphatic heterocycles. The predicted octanol–water partition coefficient (Wildman–Crippen LogP) is 2.64. The van der Waals surface area contributed by atoms with Crippen LogP contribution in [0.1, 0.15) is 6.42 Å². The summed E-state index contributed by atoms with van der Waals surface area (Å²) >= 11 is 3.24. The molecular weight excluding hydrogens is 327 g/mol. The first-order valence-corrected chi connectivity index (χ1v) is 6.04. The highest BCUT2D eigenvalue weighted by Crippen LogP contribution is 2.26. The molecule has 0 fully saturated rings. The maximum atomic E-state index is 12.2. The van der Waals surface area contributed by atoms with Crippen LogP contribution in [0.4, 0.5) is 18.9 Å². The molecule has 2 N–H and O–H groups in total. The number of tetrazole rings is 1. The lowest BCUT2D eigenvalue weighted by molar-refractivity contribution is -0.137. The van der Waals surface area contributed by atoms with Crippen molar-refractivity contribution in [1.82, 2.24) is 20.2 Å². The van der Waals surface area contributed by atoms with Crippen molar-refractivity contribution >= 4 is 21.6 Å². The first-order valence-electron chi connectivity index (χ1n) is 5.25. The number of aromatic nitrogens is 4. The summed E-state index contributed by atoms with van der Waals surface area (Å²) in [6.07, 6.45) is -5.24. The van der Waals surface area contributed by atoms with Gasteiger partial charge >= 0.3 is 6.18 Å². The fraction of sp³-hybridized carbons (Fsp3) is 0.300. The topological polar surface area (TPSA) is 69.6 Å². The standard InChI is InChI=1S/C10H9BrF3N5/c11-7-2-1-6(5-8(7)15)9-16-17-18-19(9)4-3-10(12,13)14/h1-2,5H,3-4,15H2. The van der Waals surface area contributed by atoms with Gasteiger partial charge in [0, 0.05) is 15.7 Å². The summed E-state index contributed by atoms with van der Waals surface area (Å²) in [5, 5.41) is 10.7. The van der Waals surface area contributed by atoms with E-state index in [1.54, 1.807) is 18.2 Å². The summed E-state index contributed by atoms with van der Waals surface area (Å²) in [4.78, 5) is 0. The van der Waals surface area contributed by atoms with Gasteiger partial charge in [-0.05, 0) is 44.6 Å². The van der Waals surface area contributed by atoms with Crippen molar-refractivity contribution in [3.63, 3.8) is 0 Å². The Kier molecular flexibility index (Phi) is 3.74. The Morgan fingerprint density at radius 2 is 2.05 bits per heavy atom. The van der Waals surface area contributed by atoms with Gasteiger partial charge in [0.15, 0.2) is 5.82 Å². The Labute approximate surface area is 114 Å². The molecule has 0 spiro atoms. The van der Waals surface area contributed by atoms with Gasteiger partial charge < -0.3 is 5.73 Å². The minimum atomic E-state index is -4.25. The molecule has 0 unspecified atom stereocenters. The summed E-state index contributed by atoms with van der Waals surface area (Å²) in [7, 11) is 0. The Morgan fingerprint density at radius 1 is 1.32 bits per heavy atom. The highest BCUT2D eigenvalue weighted by Gasteiger charge is 2.27. The molecule has 0 bridgehead atoms. The first-order chi connectivity index (χ1) is 8.87. The first kappa shape index (κ1) is 13.8. The number of anilines is 1. The fourth-order valence-corrected chi connectivity index (χ4v) is 1.72. The number of aryl methyl sites for hydroxylation is 1. The number of nitrogens with two attached hydrogens (primary N) is 1. The lowest BCUT2D eigenvalue weighted by atomic mass is 10.2. The Balaban J connectivity index is 2.26. The Bertz CT molecular complexity index is 581. The van der Waals surface area contributed by atoms with Crippen LogP contribution < -0.4 is 5.73 Å². The lowest BCUT2D eigenvalue weighted by Crippen LogP contribution is -2.14. The van der Waals surface area contributed by atoms with E-state index in [9.17, 15) is 13.2 Å². The van der Waals surface area contributed by atoms with Crippen molar-refractivity contribution < 1.29 is 13.2 Å². The van der Waals surface area contributed by atoms with Crippen LogP contribution in [0, 0.1) is 0 Å². The maximum Gasteiger partial charge on any atom is 0.390 e. The fourth-order valence-electron chi connectivity index (χ4n) is 1.48. The quantitative estimate of drug-likeness (QED) is 0.875. The molecule has 0 atom stereocenters. The van der Waals surface area contributed by atoms with E-state index in [0.29, 0.717) is 15.7 Å². The normalized spacial score (nSPS) is 11.8. The number of alkyl halides is 3. The predicted molar refractivity (Wildman–Crippen MR) is 66.0 cm³/mol. The van der Waals surface area contributed by atoms with Gasteiger partial charge in [-0.15, -0.1) is 5.10 Å².